The van der Waals surface area contributed by atoms with Crippen molar-refractivity contribution in [1.82, 2.24) is 10.3 Å². The number of aromatic nitrogens is 1. The maximum atomic E-state index is 9.61. The quantitative estimate of drug-likeness (QED) is 0.675. The molecule has 2 aromatic heterocycles. The Bertz CT molecular complexity index is 893. The van der Waals surface area contributed by atoms with Gasteiger partial charge in [0.2, 0.25) is 0 Å². The maximum absolute atomic E-state index is 9.61. The normalized spacial score (nSPS) is 19.9. The highest BCUT2D eigenvalue weighted by Crippen LogP contribution is 2.44. The fraction of sp³-hybridized carbons (Fsp3) is 0.158. The van der Waals surface area contributed by atoms with Crippen molar-refractivity contribution in [2.75, 3.05) is 4.90 Å². The van der Waals surface area contributed by atoms with Gasteiger partial charge in [0.25, 0.3) is 0 Å². The molecule has 3 aromatic rings. The molecular weight excluding hydrogens is 350 g/mol. The minimum absolute atomic E-state index is 0.0203. The minimum Gasteiger partial charge on any atom is -0.508 e. The molecule has 2 unspecified atom stereocenters. The van der Waals surface area contributed by atoms with Crippen LogP contribution >= 0.6 is 23.6 Å². The van der Waals surface area contributed by atoms with E-state index in [1.807, 2.05) is 36.5 Å². The molecule has 0 saturated carbocycles. The lowest BCUT2D eigenvalue weighted by atomic mass is 10.0. The number of pyridine rings is 1. The zero-order chi connectivity index (χ0) is 17.4. The van der Waals surface area contributed by atoms with Crippen LogP contribution in [0.5, 0.6) is 5.75 Å². The van der Waals surface area contributed by atoms with E-state index in [1.54, 1.807) is 23.5 Å². The molecule has 0 radical (unpaired) electrons. The lowest BCUT2D eigenvalue weighted by Crippen LogP contribution is -2.29. The number of anilines is 1. The summed E-state index contributed by atoms with van der Waals surface area (Å²) in [7, 11) is 0. The predicted octanol–water partition coefficient (Wildman–Crippen LogP) is 4.33. The third-order valence-electron chi connectivity index (χ3n) is 4.40. The Morgan fingerprint density at radius 3 is 2.60 bits per heavy atom. The van der Waals surface area contributed by atoms with Crippen LogP contribution in [0.3, 0.4) is 0 Å². The fourth-order valence-electron chi connectivity index (χ4n) is 3.20. The number of hydrogen-bond acceptors (Lipinski definition) is 4. The van der Waals surface area contributed by atoms with E-state index in [0.29, 0.717) is 5.11 Å². The molecule has 126 valence electrons. The number of phenols is 1. The monoisotopic (exact) mass is 367 g/mol. The SMILES string of the molecule is Cc1ccsc1C1C(c2ccccn2)NC(=S)N1c1ccc(O)cc1. The van der Waals surface area contributed by atoms with Crippen molar-refractivity contribution in [2.45, 2.75) is 19.0 Å². The van der Waals surface area contributed by atoms with Crippen molar-refractivity contribution in [3.8, 4) is 5.75 Å². The molecule has 6 heteroatoms. The molecule has 0 bridgehead atoms. The molecule has 4 nitrogen and oxygen atoms in total. The number of hydrogen-bond donors (Lipinski definition) is 2. The molecule has 1 saturated heterocycles. The summed E-state index contributed by atoms with van der Waals surface area (Å²) in [5.74, 6) is 0.243. The maximum Gasteiger partial charge on any atom is 0.174 e. The van der Waals surface area contributed by atoms with E-state index in [2.05, 4.69) is 33.6 Å². The minimum atomic E-state index is -0.0279. The van der Waals surface area contributed by atoms with Crippen LogP contribution in [-0.4, -0.2) is 15.2 Å². The molecule has 2 atom stereocenters. The Morgan fingerprint density at radius 2 is 1.96 bits per heavy atom. The van der Waals surface area contributed by atoms with Crippen molar-refractivity contribution in [2.24, 2.45) is 0 Å². The molecule has 3 heterocycles. The number of benzene rings is 1. The van der Waals surface area contributed by atoms with Crippen LogP contribution in [0.15, 0.2) is 60.1 Å². The van der Waals surface area contributed by atoms with Gasteiger partial charge in [0, 0.05) is 16.8 Å². The van der Waals surface area contributed by atoms with Crippen LogP contribution in [0, 0.1) is 6.92 Å². The van der Waals surface area contributed by atoms with E-state index in [1.165, 1.54) is 10.4 Å². The van der Waals surface area contributed by atoms with E-state index in [4.69, 9.17) is 12.2 Å². The average Bonchev–Trinajstić information content (AvgIpc) is 3.19. The van der Waals surface area contributed by atoms with Gasteiger partial charge in [-0.1, -0.05) is 6.07 Å². The molecule has 1 aliphatic heterocycles. The van der Waals surface area contributed by atoms with Gasteiger partial charge in [0.15, 0.2) is 5.11 Å². The Morgan fingerprint density at radius 1 is 1.16 bits per heavy atom. The fourth-order valence-corrected chi connectivity index (χ4v) is 4.60. The van der Waals surface area contributed by atoms with Crippen LogP contribution in [-0.2, 0) is 0 Å². The third-order valence-corrected chi connectivity index (χ3v) is 5.80. The molecule has 2 N–H and O–H groups in total. The number of aryl methyl sites for hydroxylation is 1. The Balaban J connectivity index is 1.83. The molecule has 1 aromatic carbocycles. The van der Waals surface area contributed by atoms with Gasteiger partial charge >= 0.3 is 0 Å². The molecule has 1 aliphatic rings. The van der Waals surface area contributed by atoms with Gasteiger partial charge in [-0.3, -0.25) is 4.98 Å². The molecule has 0 amide bonds. The topological polar surface area (TPSA) is 48.4 Å². The first kappa shape index (κ1) is 16.1. The van der Waals surface area contributed by atoms with Crippen molar-refractivity contribution < 1.29 is 5.11 Å². The molecule has 0 aliphatic carbocycles. The van der Waals surface area contributed by atoms with Crippen molar-refractivity contribution in [1.29, 1.82) is 0 Å². The van der Waals surface area contributed by atoms with E-state index < -0.39 is 0 Å². The number of thiophene rings is 1. The molecule has 4 rings (SSSR count). The first-order valence-corrected chi connectivity index (χ1v) is 9.27. The molecule has 25 heavy (non-hydrogen) atoms. The van der Waals surface area contributed by atoms with Crippen molar-refractivity contribution >= 4 is 34.4 Å². The Labute approximate surface area is 155 Å². The van der Waals surface area contributed by atoms with Crippen molar-refractivity contribution in [3.63, 3.8) is 0 Å². The number of nitrogens with one attached hydrogen (secondary N) is 1. The van der Waals surface area contributed by atoms with Gasteiger partial charge < -0.3 is 15.3 Å². The molecule has 1 fully saturated rings. The standard InChI is InChI=1S/C19H17N3OS2/c1-12-9-11-25-18(12)17-16(15-4-2-3-10-20-15)21-19(24)22(17)13-5-7-14(23)8-6-13/h2-11,16-17,23H,1H3,(H,21,24). The summed E-state index contributed by atoms with van der Waals surface area (Å²) in [5, 5.41) is 15.8. The first-order valence-electron chi connectivity index (χ1n) is 7.99. The zero-order valence-corrected chi connectivity index (χ0v) is 15.2. The van der Waals surface area contributed by atoms with Gasteiger partial charge in [-0.2, -0.15) is 0 Å². The second-order valence-electron chi connectivity index (χ2n) is 5.98. The molecular formula is C19H17N3OS2. The Hall–Kier alpha value is -2.44. The van der Waals surface area contributed by atoms with Crippen LogP contribution in [0.1, 0.15) is 28.2 Å². The summed E-state index contributed by atoms with van der Waals surface area (Å²) in [5.41, 5.74) is 3.15. The van der Waals surface area contributed by atoms with Gasteiger partial charge in [0.05, 0.1) is 17.8 Å². The van der Waals surface area contributed by atoms with Crippen LogP contribution < -0.4 is 10.2 Å². The number of nitrogens with zero attached hydrogens (tertiary/aromatic N) is 2. The summed E-state index contributed by atoms with van der Waals surface area (Å²) in [4.78, 5) is 7.92. The average molecular weight is 367 g/mol. The van der Waals surface area contributed by atoms with E-state index >= 15 is 0 Å². The highest BCUT2D eigenvalue weighted by molar-refractivity contribution is 7.80. The van der Waals surface area contributed by atoms with Crippen LogP contribution in [0.2, 0.25) is 0 Å². The first-order chi connectivity index (χ1) is 12.1. The summed E-state index contributed by atoms with van der Waals surface area (Å²) >= 11 is 7.39. The lowest BCUT2D eigenvalue weighted by molar-refractivity contribution is 0.475. The number of phenolic OH excluding ortho intramolecular Hbond substituents is 1. The van der Waals surface area contributed by atoms with Crippen molar-refractivity contribution in [3.05, 3.63) is 76.2 Å². The second-order valence-corrected chi connectivity index (χ2v) is 7.32. The third kappa shape index (κ3) is 2.88. The Kier molecular flexibility index (Phi) is 4.15. The summed E-state index contributed by atoms with van der Waals surface area (Å²) < 4.78 is 0. The second kappa shape index (κ2) is 6.46. The van der Waals surface area contributed by atoms with Gasteiger partial charge in [-0.15, -0.1) is 11.3 Å². The highest BCUT2D eigenvalue weighted by atomic mass is 32.1. The summed E-state index contributed by atoms with van der Waals surface area (Å²) in [6.45, 7) is 2.12. The predicted molar refractivity (Wildman–Crippen MR) is 105 cm³/mol. The van der Waals surface area contributed by atoms with Crippen LogP contribution in [0.25, 0.3) is 0 Å². The number of rotatable bonds is 3. The van der Waals surface area contributed by atoms with E-state index in [0.717, 1.165) is 11.4 Å². The van der Waals surface area contributed by atoms with Gasteiger partial charge in [0.1, 0.15) is 5.75 Å². The largest absolute Gasteiger partial charge is 0.508 e. The van der Waals surface area contributed by atoms with E-state index in [9.17, 15) is 5.11 Å². The van der Waals surface area contributed by atoms with Gasteiger partial charge in [-0.25, -0.2) is 0 Å². The zero-order valence-electron chi connectivity index (χ0n) is 13.6. The van der Waals surface area contributed by atoms with Gasteiger partial charge in [-0.05, 0) is 72.5 Å². The van der Waals surface area contributed by atoms with E-state index in [-0.39, 0.29) is 17.8 Å². The number of thiocarbonyl (C=S) groups is 1. The summed E-state index contributed by atoms with van der Waals surface area (Å²) in [6.07, 6.45) is 1.81. The highest BCUT2D eigenvalue weighted by Gasteiger charge is 2.41. The summed E-state index contributed by atoms with van der Waals surface area (Å²) in [6, 6.07) is 15.2. The smallest absolute Gasteiger partial charge is 0.174 e. The lowest BCUT2D eigenvalue weighted by Gasteiger charge is -2.27. The van der Waals surface area contributed by atoms with Crippen LogP contribution in [0.4, 0.5) is 5.69 Å². The molecule has 0 spiro atoms. The number of aromatic hydroxyl groups is 1.